The number of rotatable bonds is 0. The summed E-state index contributed by atoms with van der Waals surface area (Å²) in [6.45, 7) is 91.2. The summed E-state index contributed by atoms with van der Waals surface area (Å²) in [6.07, 6.45) is 24.0. The quantitative estimate of drug-likeness (QED) is 0.112. The molecule has 5 aromatic heterocycles. The maximum absolute atomic E-state index is 10.2. The highest BCUT2D eigenvalue weighted by atomic mass is 32.1. The summed E-state index contributed by atoms with van der Waals surface area (Å²) in [5.74, 6) is 10.8. The van der Waals surface area contributed by atoms with Crippen LogP contribution in [0.1, 0.15) is 355 Å². The van der Waals surface area contributed by atoms with Gasteiger partial charge in [-0.3, -0.25) is 4.98 Å². The van der Waals surface area contributed by atoms with E-state index < -0.39 is 0 Å². The van der Waals surface area contributed by atoms with Gasteiger partial charge in [-0.15, -0.1) is 0 Å². The largest absolute Gasteiger partial charge is 0.619 e. The summed E-state index contributed by atoms with van der Waals surface area (Å²) in [5.41, 5.74) is 1.69. The Labute approximate surface area is 662 Å². The predicted molar refractivity (Wildman–Crippen MR) is 497 cm³/mol. The van der Waals surface area contributed by atoms with E-state index in [2.05, 4.69) is 365 Å². The first-order chi connectivity index (χ1) is 44.0. The number of hydrogen-bond acceptors (Lipinski definition) is 6. The summed E-state index contributed by atoms with van der Waals surface area (Å²) >= 11 is 1.71. The molecule has 0 atom stereocenters. The molecule has 6 nitrogen and oxygen atoms in total. The first-order valence-corrected chi connectivity index (χ1v) is 37.5. The fourth-order valence-electron chi connectivity index (χ4n) is 2.73. The molecule has 103 heavy (non-hydrogen) atoms. The Morgan fingerprint density at radius 1 is 0.311 bits per heavy atom. The van der Waals surface area contributed by atoms with Gasteiger partial charge in [0.1, 0.15) is 6.33 Å². The van der Waals surface area contributed by atoms with Crippen molar-refractivity contribution in [2.45, 2.75) is 355 Å². The van der Waals surface area contributed by atoms with E-state index in [9.17, 15) is 5.21 Å². The van der Waals surface area contributed by atoms with Crippen LogP contribution in [0.25, 0.3) is 0 Å². The molecule has 7 rings (SSSR count). The van der Waals surface area contributed by atoms with Crippen LogP contribution < -0.4 is 4.73 Å². The smallest absolute Gasteiger partial charge is 0.180 e. The molecular weight excluding hydrogens is 1270 g/mol. The molecular formula is C96H200N4O2S. The predicted octanol–water partition coefficient (Wildman–Crippen LogP) is 35.5. The molecule has 5 heterocycles. The van der Waals surface area contributed by atoms with Crippen molar-refractivity contribution in [2.75, 3.05) is 0 Å². The summed E-state index contributed by atoms with van der Waals surface area (Å²) in [7, 11) is 0. The standard InChI is InChI=1S/C10H14.C5H5NO.C5H5N.C5H6.C4H4N2.C4H4O.C4H4S.13C4H10.7CH4/c1-10(2,3)9-7-5-4-6-8-9;7-6-4-2-1-3-5-6;1-2-4-6-5-3-1;1-2-4-5-3-1;1-2-5-4-6-3-1;2*1-2-4-5-3-1;13*1-4(2)3;;;;;;;/h4-8H,1-3H3;1-5H;1-5H;1-4H,5H2;1-4H;2*1-4H;13*4H,1-3H3;7*1H4. The molecule has 0 bridgehead atoms. The van der Waals surface area contributed by atoms with Crippen molar-refractivity contribution in [1.29, 1.82) is 0 Å². The fourth-order valence-corrected chi connectivity index (χ4v) is 3.19. The Morgan fingerprint density at radius 2 is 0.534 bits per heavy atom. The van der Waals surface area contributed by atoms with Crippen LogP contribution in [-0.2, 0) is 5.41 Å². The molecule has 1 aromatic carbocycles. The van der Waals surface area contributed by atoms with E-state index in [1.807, 2.05) is 53.2 Å². The van der Waals surface area contributed by atoms with Gasteiger partial charge in [-0.1, -0.05) is 422 Å². The van der Waals surface area contributed by atoms with E-state index in [4.69, 9.17) is 0 Å². The Balaban J connectivity index is -0.0000000392. The highest BCUT2D eigenvalue weighted by Gasteiger charge is 2.11. The van der Waals surface area contributed by atoms with Gasteiger partial charge < -0.3 is 9.62 Å². The van der Waals surface area contributed by atoms with Gasteiger partial charge in [0.2, 0.25) is 0 Å². The molecule has 0 radical (unpaired) electrons. The van der Waals surface area contributed by atoms with E-state index in [-0.39, 0.29) is 52.0 Å². The van der Waals surface area contributed by atoms with E-state index >= 15 is 0 Å². The lowest BCUT2D eigenvalue weighted by Crippen LogP contribution is -2.22. The van der Waals surface area contributed by atoms with Crippen molar-refractivity contribution in [3.8, 4) is 0 Å². The lowest BCUT2D eigenvalue weighted by atomic mass is 9.87. The van der Waals surface area contributed by atoms with Crippen molar-refractivity contribution in [2.24, 2.45) is 76.9 Å². The SMILES string of the molecule is C.C.C.C.C.C.C.C1=CCC=C1.CC(C)(C)c1ccccc1.CC(C)C.CC(C)C.CC(C)C.CC(C)C.CC(C)C.CC(C)C.CC(C)C.CC(C)C.CC(C)C.CC(C)C.CC(C)C.CC(C)C.CC(C)C.[O-][n+]1ccccc1.c1ccncc1.c1ccoc1.c1ccsc1.c1cncnc1. The van der Waals surface area contributed by atoms with Crippen LogP contribution in [0.15, 0.2) is 193 Å². The number of allylic oxidation sites excluding steroid dienone is 4. The van der Waals surface area contributed by atoms with Crippen molar-refractivity contribution < 1.29 is 9.15 Å². The number of benzene rings is 1. The summed E-state index contributed by atoms with van der Waals surface area (Å²) in [4.78, 5) is 11.1. The number of aromatic nitrogens is 4. The minimum atomic E-state index is 0. The Kier molecular flexibility index (Phi) is 191. The van der Waals surface area contributed by atoms with E-state index in [1.165, 1.54) is 24.3 Å². The fraction of sp³-hybridized carbons (Fsp3) is 0.667. The minimum absolute atomic E-state index is 0. The van der Waals surface area contributed by atoms with Gasteiger partial charge in [-0.05, 0) is 135 Å². The molecule has 0 amide bonds. The second-order valence-corrected chi connectivity index (χ2v) is 32.8. The van der Waals surface area contributed by atoms with Crippen molar-refractivity contribution in [3.63, 3.8) is 0 Å². The minimum Gasteiger partial charge on any atom is -0.619 e. The van der Waals surface area contributed by atoms with Crippen LogP contribution in [0.2, 0.25) is 0 Å². The normalized spacial score (nSPS) is 8.81. The van der Waals surface area contributed by atoms with E-state index in [1.54, 1.807) is 72.9 Å². The van der Waals surface area contributed by atoms with Crippen molar-refractivity contribution >= 4 is 11.3 Å². The number of furan rings is 1. The Morgan fingerprint density at radius 3 is 0.631 bits per heavy atom. The van der Waals surface area contributed by atoms with Crippen LogP contribution in [0.4, 0.5) is 0 Å². The number of pyridine rings is 2. The highest BCUT2D eigenvalue weighted by Crippen LogP contribution is 2.20. The third-order valence-corrected chi connectivity index (χ3v) is 5.51. The molecule has 0 aliphatic heterocycles. The molecule has 1 aliphatic rings. The van der Waals surface area contributed by atoms with Gasteiger partial charge in [0.15, 0.2) is 12.4 Å². The third kappa shape index (κ3) is 453. The van der Waals surface area contributed by atoms with Crippen LogP contribution in [-0.4, -0.2) is 15.0 Å². The van der Waals surface area contributed by atoms with Crippen molar-refractivity contribution in [1.82, 2.24) is 15.0 Å². The monoisotopic (exact) mass is 1470 g/mol. The number of thiophene rings is 1. The van der Waals surface area contributed by atoms with Gasteiger partial charge in [0, 0.05) is 36.9 Å². The first kappa shape index (κ1) is 151. The maximum Gasteiger partial charge on any atom is 0.180 e. The van der Waals surface area contributed by atoms with Gasteiger partial charge in [0.25, 0.3) is 0 Å². The molecule has 0 N–H and O–H groups in total. The molecule has 0 fully saturated rings. The topological polar surface area (TPSA) is 78.8 Å². The molecule has 7 heteroatoms. The van der Waals surface area contributed by atoms with Crippen LogP contribution >= 0.6 is 11.3 Å². The molecule has 0 unspecified atom stereocenters. The van der Waals surface area contributed by atoms with Crippen LogP contribution in [0, 0.1) is 82.1 Å². The zero-order valence-corrected chi connectivity index (χ0v) is 72.9. The number of nitrogens with zero attached hydrogens (tertiary/aromatic N) is 4. The average molecular weight is 1470 g/mol. The molecule has 622 valence electrons. The zero-order chi connectivity index (χ0) is 78.3. The highest BCUT2D eigenvalue weighted by molar-refractivity contribution is 7.07. The lowest BCUT2D eigenvalue weighted by molar-refractivity contribution is -0.605. The van der Waals surface area contributed by atoms with Crippen LogP contribution in [0.5, 0.6) is 0 Å². The Bertz CT molecular complexity index is 1700. The first-order valence-electron chi connectivity index (χ1n) is 36.5. The second kappa shape index (κ2) is 130. The summed E-state index contributed by atoms with van der Waals surface area (Å²) < 4.78 is 5.33. The van der Waals surface area contributed by atoms with Crippen LogP contribution in [0.3, 0.4) is 0 Å². The summed E-state index contributed by atoms with van der Waals surface area (Å²) in [5, 5.41) is 14.3. The van der Waals surface area contributed by atoms with Gasteiger partial charge in [-0.25, -0.2) is 9.97 Å². The molecule has 0 saturated heterocycles. The van der Waals surface area contributed by atoms with Gasteiger partial charge in [-0.2, -0.15) is 16.1 Å². The molecule has 0 spiro atoms. The molecule has 6 aromatic rings. The van der Waals surface area contributed by atoms with E-state index in [0.717, 1.165) is 88.1 Å². The average Bonchev–Trinajstić information content (AvgIpc) is 1.70. The molecule has 1 aliphatic carbocycles. The number of hydrogen-bond donors (Lipinski definition) is 0. The molecule has 0 saturated carbocycles. The third-order valence-electron chi connectivity index (χ3n) is 4.88. The lowest BCUT2D eigenvalue weighted by Gasteiger charge is -2.18. The second-order valence-electron chi connectivity index (χ2n) is 32.0. The Hall–Kier alpha value is -5.14. The van der Waals surface area contributed by atoms with Crippen molar-refractivity contribution in [3.05, 3.63) is 199 Å². The van der Waals surface area contributed by atoms with Gasteiger partial charge in [0.05, 0.1) is 12.5 Å². The maximum atomic E-state index is 10.2. The van der Waals surface area contributed by atoms with Gasteiger partial charge >= 0.3 is 0 Å². The van der Waals surface area contributed by atoms with E-state index in [0.29, 0.717) is 5.41 Å². The summed E-state index contributed by atoms with van der Waals surface area (Å²) in [6, 6.07) is 30.9. The zero-order valence-electron chi connectivity index (χ0n) is 72.1.